The van der Waals surface area contributed by atoms with Crippen molar-refractivity contribution in [2.75, 3.05) is 26.4 Å². The van der Waals surface area contributed by atoms with Gasteiger partial charge in [0.15, 0.2) is 5.78 Å². The van der Waals surface area contributed by atoms with Crippen molar-refractivity contribution in [3.63, 3.8) is 0 Å². The fraction of sp³-hybridized carbons (Fsp3) is 0.500. The topological polar surface area (TPSA) is 47.6 Å². The molecule has 2 heterocycles. The van der Waals surface area contributed by atoms with Crippen molar-refractivity contribution in [3.05, 3.63) is 28.3 Å². The van der Waals surface area contributed by atoms with Gasteiger partial charge in [0.1, 0.15) is 5.75 Å². The number of ether oxygens (including phenoxy) is 2. The molecule has 2 aliphatic heterocycles. The fourth-order valence-corrected chi connectivity index (χ4v) is 2.82. The maximum Gasteiger partial charge on any atom is 0.156 e. The van der Waals surface area contributed by atoms with Crippen LogP contribution in [-0.4, -0.2) is 38.2 Å². The zero-order chi connectivity index (χ0) is 13.2. The van der Waals surface area contributed by atoms with Crippen LogP contribution < -0.4 is 10.1 Å². The Labute approximate surface area is 117 Å². The molecule has 2 aliphatic rings. The minimum atomic E-state index is -0.218. The fourth-order valence-electron chi connectivity index (χ4n) is 2.56. The van der Waals surface area contributed by atoms with E-state index >= 15 is 0 Å². The van der Waals surface area contributed by atoms with Gasteiger partial charge in [-0.1, -0.05) is 11.6 Å². The number of fused-ring (bicyclic) bond motifs is 1. The highest BCUT2D eigenvalue weighted by atomic mass is 35.5. The van der Waals surface area contributed by atoms with Crippen molar-refractivity contribution in [1.29, 1.82) is 0 Å². The molecule has 1 saturated heterocycles. The Morgan fingerprint density at radius 3 is 3.11 bits per heavy atom. The number of hydrogen-bond acceptors (Lipinski definition) is 4. The third kappa shape index (κ3) is 2.76. The lowest BCUT2D eigenvalue weighted by atomic mass is 10.00. The van der Waals surface area contributed by atoms with Gasteiger partial charge in [0.05, 0.1) is 25.9 Å². The molecule has 3 rings (SSSR count). The van der Waals surface area contributed by atoms with Gasteiger partial charge in [-0.05, 0) is 17.7 Å². The minimum Gasteiger partial charge on any atom is -0.493 e. The van der Waals surface area contributed by atoms with Crippen LogP contribution in [-0.2, 0) is 22.4 Å². The molecule has 0 aliphatic carbocycles. The number of benzene rings is 1. The second-order valence-electron chi connectivity index (χ2n) is 4.88. The van der Waals surface area contributed by atoms with Crippen LogP contribution in [0.3, 0.4) is 0 Å². The highest BCUT2D eigenvalue weighted by Gasteiger charge is 2.24. The first-order valence-electron chi connectivity index (χ1n) is 6.52. The van der Waals surface area contributed by atoms with E-state index in [0.29, 0.717) is 31.3 Å². The molecule has 1 aromatic rings. The van der Waals surface area contributed by atoms with Crippen molar-refractivity contribution in [2.24, 2.45) is 0 Å². The van der Waals surface area contributed by atoms with Crippen LogP contribution in [0.1, 0.15) is 11.1 Å². The third-order valence-corrected chi connectivity index (χ3v) is 3.72. The minimum absolute atomic E-state index is 0.125. The molecule has 1 aromatic carbocycles. The standard InChI is InChI=1S/C14H16ClNO3/c15-11-5-9-1-3-19-14(9)10(6-11)7-13(17)12-8-18-4-2-16-12/h5-6,12,16H,1-4,7-8H2. The molecule has 1 unspecified atom stereocenters. The van der Waals surface area contributed by atoms with E-state index in [1.807, 2.05) is 12.1 Å². The average molecular weight is 282 g/mol. The SMILES string of the molecule is O=C(Cc1cc(Cl)cc2c1OCC2)C1COCCN1. The molecule has 0 saturated carbocycles. The molecule has 5 heteroatoms. The smallest absolute Gasteiger partial charge is 0.156 e. The molecule has 0 radical (unpaired) electrons. The van der Waals surface area contributed by atoms with Crippen LogP contribution in [0.5, 0.6) is 5.75 Å². The highest BCUT2D eigenvalue weighted by molar-refractivity contribution is 6.30. The predicted molar refractivity (Wildman–Crippen MR) is 72.0 cm³/mol. The zero-order valence-corrected chi connectivity index (χ0v) is 11.3. The summed E-state index contributed by atoms with van der Waals surface area (Å²) in [7, 11) is 0. The summed E-state index contributed by atoms with van der Waals surface area (Å²) in [5.41, 5.74) is 1.99. The Bertz CT molecular complexity index is 498. The van der Waals surface area contributed by atoms with E-state index in [9.17, 15) is 4.79 Å². The van der Waals surface area contributed by atoms with Gasteiger partial charge < -0.3 is 14.8 Å². The number of hydrogen-bond donors (Lipinski definition) is 1. The van der Waals surface area contributed by atoms with E-state index in [2.05, 4.69) is 5.32 Å². The summed E-state index contributed by atoms with van der Waals surface area (Å²) < 4.78 is 10.9. The van der Waals surface area contributed by atoms with Crippen molar-refractivity contribution in [1.82, 2.24) is 5.32 Å². The quantitative estimate of drug-likeness (QED) is 0.909. The second kappa shape index (κ2) is 5.49. The number of carbonyl (C=O) groups is 1. The number of halogens is 1. The van der Waals surface area contributed by atoms with Crippen LogP contribution >= 0.6 is 11.6 Å². The van der Waals surface area contributed by atoms with Gasteiger partial charge in [-0.3, -0.25) is 4.79 Å². The Kier molecular flexibility index (Phi) is 3.73. The molecule has 0 spiro atoms. The van der Waals surface area contributed by atoms with Gasteiger partial charge in [0.2, 0.25) is 0 Å². The lowest BCUT2D eigenvalue weighted by molar-refractivity contribution is -0.123. The van der Waals surface area contributed by atoms with E-state index in [1.54, 1.807) is 0 Å². The molecule has 1 atom stereocenters. The molecule has 19 heavy (non-hydrogen) atoms. The van der Waals surface area contributed by atoms with Gasteiger partial charge in [0, 0.05) is 30.0 Å². The van der Waals surface area contributed by atoms with E-state index < -0.39 is 0 Å². The molecule has 0 bridgehead atoms. The van der Waals surface area contributed by atoms with Crippen LogP contribution in [0.2, 0.25) is 5.02 Å². The summed E-state index contributed by atoms with van der Waals surface area (Å²) in [6, 6.07) is 3.53. The van der Waals surface area contributed by atoms with Gasteiger partial charge in [0.25, 0.3) is 0 Å². The van der Waals surface area contributed by atoms with Gasteiger partial charge in [-0.2, -0.15) is 0 Å². The van der Waals surface area contributed by atoms with Crippen molar-refractivity contribution < 1.29 is 14.3 Å². The zero-order valence-electron chi connectivity index (χ0n) is 10.6. The van der Waals surface area contributed by atoms with E-state index in [4.69, 9.17) is 21.1 Å². The maximum absolute atomic E-state index is 12.2. The van der Waals surface area contributed by atoms with Crippen LogP contribution in [0, 0.1) is 0 Å². The summed E-state index contributed by atoms with van der Waals surface area (Å²) in [4.78, 5) is 12.2. The van der Waals surface area contributed by atoms with Crippen molar-refractivity contribution in [2.45, 2.75) is 18.9 Å². The molecular formula is C14H16ClNO3. The number of ketones is 1. The van der Waals surface area contributed by atoms with Crippen LogP contribution in [0.15, 0.2) is 12.1 Å². The van der Waals surface area contributed by atoms with Crippen LogP contribution in [0.4, 0.5) is 0 Å². The van der Waals surface area contributed by atoms with Gasteiger partial charge in [-0.15, -0.1) is 0 Å². The summed E-state index contributed by atoms with van der Waals surface area (Å²) in [5, 5.41) is 3.84. The summed E-state index contributed by atoms with van der Waals surface area (Å²) in [5.74, 6) is 0.967. The number of rotatable bonds is 3. The van der Waals surface area contributed by atoms with Gasteiger partial charge in [-0.25, -0.2) is 0 Å². The first-order valence-corrected chi connectivity index (χ1v) is 6.90. The number of carbonyl (C=O) groups excluding carboxylic acids is 1. The normalized spacial score (nSPS) is 21.8. The molecule has 4 nitrogen and oxygen atoms in total. The lowest BCUT2D eigenvalue weighted by Crippen LogP contribution is -2.47. The third-order valence-electron chi connectivity index (χ3n) is 3.50. The molecule has 1 N–H and O–H groups in total. The van der Waals surface area contributed by atoms with Crippen LogP contribution in [0.25, 0.3) is 0 Å². The number of morpholine rings is 1. The molecule has 0 aromatic heterocycles. The highest BCUT2D eigenvalue weighted by Crippen LogP contribution is 2.33. The van der Waals surface area contributed by atoms with E-state index in [0.717, 1.165) is 29.8 Å². The maximum atomic E-state index is 12.2. The molecular weight excluding hydrogens is 266 g/mol. The lowest BCUT2D eigenvalue weighted by Gasteiger charge is -2.22. The number of nitrogens with one attached hydrogen (secondary N) is 1. The molecule has 102 valence electrons. The first-order chi connectivity index (χ1) is 9.24. The van der Waals surface area contributed by atoms with Crippen molar-refractivity contribution in [3.8, 4) is 5.75 Å². The average Bonchev–Trinajstić information content (AvgIpc) is 2.88. The monoisotopic (exact) mass is 281 g/mol. The Morgan fingerprint density at radius 2 is 2.32 bits per heavy atom. The van der Waals surface area contributed by atoms with Crippen molar-refractivity contribution >= 4 is 17.4 Å². The summed E-state index contributed by atoms with van der Waals surface area (Å²) >= 11 is 6.09. The Balaban J connectivity index is 1.77. The first kappa shape index (κ1) is 12.9. The Morgan fingerprint density at radius 1 is 1.42 bits per heavy atom. The largest absolute Gasteiger partial charge is 0.493 e. The summed E-state index contributed by atoms with van der Waals surface area (Å²) in [6.45, 7) is 2.50. The Hall–Kier alpha value is -1.10. The number of Topliss-reactive ketones (excluding diaryl/α,β-unsaturated/α-hetero) is 1. The van der Waals surface area contributed by atoms with E-state index in [-0.39, 0.29) is 11.8 Å². The summed E-state index contributed by atoms with van der Waals surface area (Å²) in [6.07, 6.45) is 1.20. The second-order valence-corrected chi connectivity index (χ2v) is 5.31. The molecule has 0 amide bonds. The van der Waals surface area contributed by atoms with E-state index in [1.165, 1.54) is 0 Å². The molecule has 1 fully saturated rings. The van der Waals surface area contributed by atoms with Gasteiger partial charge >= 0.3 is 0 Å². The predicted octanol–water partition coefficient (Wildman–Crippen LogP) is 1.37.